The molecule has 0 radical (unpaired) electrons. The lowest BCUT2D eigenvalue weighted by molar-refractivity contribution is -0.385. The fourth-order valence-electron chi connectivity index (χ4n) is 2.52. The Bertz CT molecular complexity index is 1020. The minimum atomic E-state index is -0.500. The van der Waals surface area contributed by atoms with Gasteiger partial charge in [-0.25, -0.2) is 4.98 Å². The number of aryl methyl sites for hydroxylation is 1. The number of rotatable bonds is 8. The number of nitrogens with one attached hydrogen (secondary N) is 1. The van der Waals surface area contributed by atoms with Crippen LogP contribution in [0.15, 0.2) is 47.8 Å². The van der Waals surface area contributed by atoms with Gasteiger partial charge in [0, 0.05) is 17.1 Å². The number of hydrogen-bond donors (Lipinski definition) is 1. The fourth-order valence-corrected chi connectivity index (χ4v) is 3.30. The number of carbonyl (C=O) groups excluding carboxylic acids is 1. The summed E-state index contributed by atoms with van der Waals surface area (Å²) in [6.07, 6.45) is 0.151. The molecule has 0 aliphatic rings. The van der Waals surface area contributed by atoms with Gasteiger partial charge in [0.05, 0.1) is 30.2 Å². The second-order valence-corrected chi connectivity index (χ2v) is 7.15. The van der Waals surface area contributed by atoms with Crippen LogP contribution in [-0.2, 0) is 17.8 Å². The lowest BCUT2D eigenvalue weighted by Crippen LogP contribution is -2.14. The number of nitro groups is 1. The number of nitro benzene ring substituents is 1. The van der Waals surface area contributed by atoms with Gasteiger partial charge in [-0.05, 0) is 25.1 Å². The summed E-state index contributed by atoms with van der Waals surface area (Å²) in [6.45, 7) is 2.08. The number of non-ortho nitro benzene ring substituents is 1. The average Bonchev–Trinajstić information content (AvgIpc) is 3.15. The second-order valence-electron chi connectivity index (χ2n) is 6.20. The quantitative estimate of drug-likeness (QED) is 0.440. The van der Waals surface area contributed by atoms with Crippen molar-refractivity contribution < 1.29 is 19.2 Å². The van der Waals surface area contributed by atoms with Crippen LogP contribution in [0.5, 0.6) is 11.5 Å². The topological polar surface area (TPSA) is 104 Å². The molecule has 0 atom stereocenters. The maximum Gasteiger partial charge on any atom is 0.273 e. The fraction of sp³-hybridized carbons (Fsp3) is 0.200. The molecule has 0 aliphatic carbocycles. The number of ether oxygens (including phenoxy) is 2. The van der Waals surface area contributed by atoms with E-state index in [4.69, 9.17) is 9.47 Å². The number of aromatic nitrogens is 1. The molecule has 0 saturated carbocycles. The predicted octanol–water partition coefficient (Wildman–Crippen LogP) is 4.13. The van der Waals surface area contributed by atoms with E-state index in [1.165, 1.54) is 36.6 Å². The van der Waals surface area contributed by atoms with Gasteiger partial charge in [0.2, 0.25) is 5.91 Å². The first-order valence-electron chi connectivity index (χ1n) is 8.69. The van der Waals surface area contributed by atoms with Crippen molar-refractivity contribution in [1.82, 2.24) is 4.98 Å². The zero-order chi connectivity index (χ0) is 20.8. The Morgan fingerprint density at radius 2 is 1.97 bits per heavy atom. The van der Waals surface area contributed by atoms with Crippen LogP contribution in [0.3, 0.4) is 0 Å². The number of methoxy groups -OCH3 is 1. The largest absolute Gasteiger partial charge is 0.493 e. The normalized spacial score (nSPS) is 10.4. The summed E-state index contributed by atoms with van der Waals surface area (Å²) in [5.74, 6) is 0.493. The third-order valence-electron chi connectivity index (χ3n) is 3.98. The van der Waals surface area contributed by atoms with E-state index in [1.54, 1.807) is 5.38 Å². The van der Waals surface area contributed by atoms with Crippen LogP contribution in [-0.4, -0.2) is 22.9 Å². The van der Waals surface area contributed by atoms with Gasteiger partial charge in [-0.2, -0.15) is 0 Å². The smallest absolute Gasteiger partial charge is 0.273 e. The number of anilines is 1. The van der Waals surface area contributed by atoms with Gasteiger partial charge in [0.25, 0.3) is 5.69 Å². The number of carbonyl (C=O) groups is 1. The van der Waals surface area contributed by atoms with Gasteiger partial charge in [-0.3, -0.25) is 14.9 Å². The van der Waals surface area contributed by atoms with Gasteiger partial charge in [0.1, 0.15) is 11.6 Å². The molecular formula is C20H19N3O5S. The van der Waals surface area contributed by atoms with Gasteiger partial charge in [-0.15, -0.1) is 11.3 Å². The van der Waals surface area contributed by atoms with Crippen molar-refractivity contribution in [3.05, 3.63) is 74.2 Å². The maximum absolute atomic E-state index is 12.2. The third-order valence-corrected chi connectivity index (χ3v) is 4.88. The van der Waals surface area contributed by atoms with Crippen molar-refractivity contribution >= 4 is 28.6 Å². The number of hydrogen-bond acceptors (Lipinski definition) is 7. The molecule has 2 aromatic carbocycles. The van der Waals surface area contributed by atoms with E-state index >= 15 is 0 Å². The highest BCUT2D eigenvalue weighted by molar-refractivity contribution is 7.09. The van der Waals surface area contributed by atoms with Crippen LogP contribution < -0.4 is 14.8 Å². The van der Waals surface area contributed by atoms with Crippen molar-refractivity contribution in [3.8, 4) is 11.5 Å². The number of thiazole rings is 1. The Morgan fingerprint density at radius 1 is 1.21 bits per heavy atom. The zero-order valence-electron chi connectivity index (χ0n) is 15.9. The molecule has 3 aromatic rings. The summed E-state index contributed by atoms with van der Waals surface area (Å²) < 4.78 is 10.8. The number of amides is 1. The van der Waals surface area contributed by atoms with Gasteiger partial charge in [-0.1, -0.05) is 17.7 Å². The monoisotopic (exact) mass is 413 g/mol. The van der Waals surface area contributed by atoms with Crippen LogP contribution in [0.1, 0.15) is 16.3 Å². The van der Waals surface area contributed by atoms with Gasteiger partial charge in [0.15, 0.2) is 11.5 Å². The van der Waals surface area contributed by atoms with E-state index in [9.17, 15) is 14.9 Å². The van der Waals surface area contributed by atoms with Gasteiger partial charge >= 0.3 is 0 Å². The number of benzene rings is 2. The molecule has 29 heavy (non-hydrogen) atoms. The highest BCUT2D eigenvalue weighted by Crippen LogP contribution is 2.31. The van der Waals surface area contributed by atoms with E-state index in [2.05, 4.69) is 10.3 Å². The van der Waals surface area contributed by atoms with Crippen molar-refractivity contribution in [2.24, 2.45) is 0 Å². The van der Waals surface area contributed by atoms with Crippen LogP contribution >= 0.6 is 11.3 Å². The molecule has 0 unspecified atom stereocenters. The van der Waals surface area contributed by atoms with E-state index < -0.39 is 4.92 Å². The molecule has 0 aliphatic heterocycles. The minimum absolute atomic E-state index is 0.0902. The van der Waals surface area contributed by atoms with E-state index in [0.717, 1.165) is 11.3 Å². The van der Waals surface area contributed by atoms with Crippen LogP contribution in [0.2, 0.25) is 0 Å². The molecule has 9 heteroatoms. The van der Waals surface area contributed by atoms with E-state index in [-0.39, 0.29) is 30.4 Å². The molecule has 0 saturated heterocycles. The molecule has 8 nitrogen and oxygen atoms in total. The van der Waals surface area contributed by atoms with Crippen LogP contribution in [0, 0.1) is 17.0 Å². The van der Waals surface area contributed by atoms with E-state index in [1.807, 2.05) is 31.2 Å². The van der Waals surface area contributed by atoms with Crippen molar-refractivity contribution in [2.45, 2.75) is 20.0 Å². The predicted molar refractivity (Wildman–Crippen MR) is 110 cm³/mol. The molecule has 0 bridgehead atoms. The molecule has 150 valence electrons. The second kappa shape index (κ2) is 9.16. The Labute approximate surface area is 171 Å². The Kier molecular flexibility index (Phi) is 6.40. The van der Waals surface area contributed by atoms with E-state index in [0.29, 0.717) is 16.5 Å². The lowest BCUT2D eigenvalue weighted by atomic mass is 10.2. The summed E-state index contributed by atoms with van der Waals surface area (Å²) in [6, 6.07) is 11.7. The summed E-state index contributed by atoms with van der Waals surface area (Å²) in [4.78, 5) is 27.0. The zero-order valence-corrected chi connectivity index (χ0v) is 16.7. The molecular weight excluding hydrogens is 394 g/mol. The Morgan fingerprint density at radius 3 is 2.66 bits per heavy atom. The first-order chi connectivity index (χ1) is 13.9. The summed E-state index contributed by atoms with van der Waals surface area (Å²) in [7, 11) is 1.46. The third kappa shape index (κ3) is 5.52. The molecule has 1 amide bonds. The van der Waals surface area contributed by atoms with Crippen LogP contribution in [0.25, 0.3) is 0 Å². The SMILES string of the molecule is COc1ccc([N+](=O)[O-])cc1OCc1csc(CC(=O)Nc2ccc(C)cc2)n1. The average molecular weight is 413 g/mol. The molecule has 1 heterocycles. The first-order valence-corrected chi connectivity index (χ1v) is 9.57. The van der Waals surface area contributed by atoms with Crippen molar-refractivity contribution in [2.75, 3.05) is 12.4 Å². The standard InChI is InChI=1S/C20H19N3O5S/c1-13-3-5-14(6-4-13)21-19(24)10-20-22-15(12-29-20)11-28-18-9-16(23(25)26)7-8-17(18)27-2/h3-9,12H,10-11H2,1-2H3,(H,21,24). The highest BCUT2D eigenvalue weighted by atomic mass is 32.1. The highest BCUT2D eigenvalue weighted by Gasteiger charge is 2.14. The van der Waals surface area contributed by atoms with Crippen molar-refractivity contribution in [1.29, 1.82) is 0 Å². The Balaban J connectivity index is 1.59. The molecule has 1 N–H and O–H groups in total. The summed E-state index contributed by atoms with van der Waals surface area (Å²) in [5.41, 5.74) is 2.39. The van der Waals surface area contributed by atoms with Crippen LogP contribution in [0.4, 0.5) is 11.4 Å². The number of nitrogens with zero attached hydrogens (tertiary/aromatic N) is 2. The molecule has 1 aromatic heterocycles. The minimum Gasteiger partial charge on any atom is -0.493 e. The maximum atomic E-state index is 12.2. The molecule has 0 fully saturated rings. The Hall–Kier alpha value is -3.46. The first kappa shape index (κ1) is 20.3. The van der Waals surface area contributed by atoms with Crippen molar-refractivity contribution in [3.63, 3.8) is 0 Å². The summed E-state index contributed by atoms with van der Waals surface area (Å²) in [5, 5.41) is 16.2. The molecule has 3 rings (SSSR count). The summed E-state index contributed by atoms with van der Waals surface area (Å²) >= 11 is 1.35. The molecule has 0 spiro atoms. The van der Waals surface area contributed by atoms with Gasteiger partial charge < -0.3 is 14.8 Å². The lowest BCUT2D eigenvalue weighted by Gasteiger charge is -2.09.